The van der Waals surface area contributed by atoms with Crippen LogP contribution in [0.5, 0.6) is 0 Å². The van der Waals surface area contributed by atoms with Gasteiger partial charge in [-0.3, -0.25) is 14.9 Å². The van der Waals surface area contributed by atoms with E-state index in [0.29, 0.717) is 24.8 Å². The first kappa shape index (κ1) is 19.6. The fraction of sp³-hybridized carbons (Fsp3) is 0.650. The van der Waals surface area contributed by atoms with Crippen molar-refractivity contribution in [2.24, 2.45) is 0 Å². The molecule has 1 aliphatic heterocycles. The van der Waals surface area contributed by atoms with E-state index in [0.717, 1.165) is 50.9 Å². The normalized spacial score (nSPS) is 17.9. The summed E-state index contributed by atoms with van der Waals surface area (Å²) >= 11 is 0. The molecular formula is C20H29N3O4. The second-order valence-electron chi connectivity index (χ2n) is 7.39. The van der Waals surface area contributed by atoms with Crippen molar-refractivity contribution in [2.75, 3.05) is 31.1 Å². The van der Waals surface area contributed by atoms with Gasteiger partial charge in [-0.2, -0.15) is 0 Å². The largest absolute Gasteiger partial charge is 0.378 e. The van der Waals surface area contributed by atoms with Crippen molar-refractivity contribution in [3.05, 3.63) is 33.9 Å². The van der Waals surface area contributed by atoms with Crippen molar-refractivity contribution in [3.8, 4) is 0 Å². The summed E-state index contributed by atoms with van der Waals surface area (Å²) in [5.74, 6) is -0.252. The fourth-order valence-corrected chi connectivity index (χ4v) is 3.90. The molecule has 0 radical (unpaired) electrons. The molecule has 148 valence electrons. The molecule has 1 amide bonds. The quantitative estimate of drug-likeness (QED) is 0.426. The van der Waals surface area contributed by atoms with Gasteiger partial charge >= 0.3 is 0 Å². The first-order chi connectivity index (χ1) is 13.1. The number of hydrogen-bond donors (Lipinski definition) is 1. The maximum absolute atomic E-state index is 12.7. The van der Waals surface area contributed by atoms with Gasteiger partial charge in [0.1, 0.15) is 0 Å². The maximum atomic E-state index is 12.7. The smallest absolute Gasteiger partial charge is 0.270 e. The summed E-state index contributed by atoms with van der Waals surface area (Å²) in [5.41, 5.74) is 1.12. The van der Waals surface area contributed by atoms with E-state index in [9.17, 15) is 14.9 Å². The molecule has 1 aliphatic carbocycles. The topological polar surface area (TPSA) is 84.7 Å². The lowest BCUT2D eigenvalue weighted by Crippen LogP contribution is -2.29. The zero-order valence-corrected chi connectivity index (χ0v) is 15.8. The van der Waals surface area contributed by atoms with Crippen molar-refractivity contribution >= 4 is 17.3 Å². The predicted octanol–water partition coefficient (Wildman–Crippen LogP) is 3.66. The first-order valence-electron chi connectivity index (χ1n) is 10.1. The summed E-state index contributed by atoms with van der Waals surface area (Å²) in [6, 6.07) is 4.56. The Morgan fingerprint density at radius 2 is 1.93 bits per heavy atom. The SMILES string of the molecule is O=C(NCCCOC1CCCCC1)c1cc([N+](=O)[O-])ccc1N1CCCC1. The van der Waals surface area contributed by atoms with Crippen LogP contribution in [-0.4, -0.2) is 43.2 Å². The number of anilines is 1. The number of ether oxygens (including phenoxy) is 1. The van der Waals surface area contributed by atoms with Gasteiger partial charge in [-0.05, 0) is 38.2 Å². The number of non-ortho nitro benzene ring substituents is 1. The van der Waals surface area contributed by atoms with Gasteiger partial charge in [0.2, 0.25) is 0 Å². The molecule has 2 fully saturated rings. The molecule has 0 bridgehead atoms. The minimum atomic E-state index is -0.456. The van der Waals surface area contributed by atoms with Crippen molar-refractivity contribution in [3.63, 3.8) is 0 Å². The van der Waals surface area contributed by atoms with E-state index in [4.69, 9.17) is 4.74 Å². The number of carbonyl (C=O) groups is 1. The van der Waals surface area contributed by atoms with E-state index in [-0.39, 0.29) is 11.6 Å². The average molecular weight is 375 g/mol. The number of benzene rings is 1. The second kappa shape index (κ2) is 9.69. The predicted molar refractivity (Wildman–Crippen MR) is 104 cm³/mol. The molecule has 1 aromatic carbocycles. The molecule has 2 aliphatic rings. The Morgan fingerprint density at radius 1 is 1.19 bits per heavy atom. The monoisotopic (exact) mass is 375 g/mol. The summed E-state index contributed by atoms with van der Waals surface area (Å²) < 4.78 is 5.88. The molecular weight excluding hydrogens is 346 g/mol. The standard InChI is InChI=1S/C20H29N3O4/c24-20(21-11-6-14-27-17-7-2-1-3-8-17)18-15-16(23(25)26)9-10-19(18)22-12-4-5-13-22/h9-10,15,17H,1-8,11-14H2,(H,21,24). The summed E-state index contributed by atoms with van der Waals surface area (Å²) in [6.07, 6.45) is 9.34. The highest BCUT2D eigenvalue weighted by molar-refractivity contribution is 6.00. The van der Waals surface area contributed by atoms with Crippen molar-refractivity contribution in [1.29, 1.82) is 0 Å². The molecule has 7 heteroatoms. The molecule has 1 saturated carbocycles. The zero-order valence-electron chi connectivity index (χ0n) is 15.8. The zero-order chi connectivity index (χ0) is 19.1. The lowest BCUT2D eigenvalue weighted by Gasteiger charge is -2.22. The lowest BCUT2D eigenvalue weighted by molar-refractivity contribution is -0.384. The van der Waals surface area contributed by atoms with Gasteiger partial charge in [0.05, 0.1) is 22.3 Å². The van der Waals surface area contributed by atoms with Gasteiger partial charge in [-0.1, -0.05) is 19.3 Å². The molecule has 1 N–H and O–H groups in total. The summed E-state index contributed by atoms with van der Waals surface area (Å²) in [4.78, 5) is 25.4. The van der Waals surface area contributed by atoms with E-state index < -0.39 is 4.92 Å². The third kappa shape index (κ3) is 5.42. The number of carbonyl (C=O) groups excluding carboxylic acids is 1. The summed E-state index contributed by atoms with van der Waals surface area (Å²) in [6.45, 7) is 2.91. The molecule has 1 saturated heterocycles. The Morgan fingerprint density at radius 3 is 2.63 bits per heavy atom. The minimum Gasteiger partial charge on any atom is -0.378 e. The Hall–Kier alpha value is -2.15. The molecule has 3 rings (SSSR count). The fourth-order valence-electron chi connectivity index (χ4n) is 3.90. The summed E-state index contributed by atoms with van der Waals surface area (Å²) in [7, 11) is 0. The minimum absolute atomic E-state index is 0.0521. The Balaban J connectivity index is 1.54. The molecule has 1 aromatic rings. The van der Waals surface area contributed by atoms with Crippen LogP contribution in [0.2, 0.25) is 0 Å². The van der Waals surface area contributed by atoms with Crippen molar-refractivity contribution in [2.45, 2.75) is 57.5 Å². The van der Waals surface area contributed by atoms with Gasteiger partial charge in [0, 0.05) is 38.4 Å². The van der Waals surface area contributed by atoms with Crippen LogP contribution in [0.1, 0.15) is 61.7 Å². The maximum Gasteiger partial charge on any atom is 0.270 e. The van der Waals surface area contributed by atoms with E-state index >= 15 is 0 Å². The van der Waals surface area contributed by atoms with Crippen molar-refractivity contribution < 1.29 is 14.5 Å². The molecule has 0 atom stereocenters. The number of nitro groups is 1. The number of hydrogen-bond acceptors (Lipinski definition) is 5. The molecule has 27 heavy (non-hydrogen) atoms. The van der Waals surface area contributed by atoms with Gasteiger partial charge in [-0.25, -0.2) is 0 Å². The van der Waals surface area contributed by atoms with Gasteiger partial charge in [0.25, 0.3) is 11.6 Å². The third-order valence-electron chi connectivity index (χ3n) is 5.39. The van der Waals surface area contributed by atoms with Crippen LogP contribution in [0, 0.1) is 10.1 Å². The molecule has 1 heterocycles. The van der Waals surface area contributed by atoms with Gasteiger partial charge in [-0.15, -0.1) is 0 Å². The van der Waals surface area contributed by atoms with E-state index in [1.807, 2.05) is 0 Å². The first-order valence-corrected chi connectivity index (χ1v) is 10.1. The van der Waals surface area contributed by atoms with Crippen LogP contribution in [0.3, 0.4) is 0 Å². The van der Waals surface area contributed by atoms with E-state index in [1.54, 1.807) is 6.07 Å². The highest BCUT2D eigenvalue weighted by atomic mass is 16.6. The third-order valence-corrected chi connectivity index (χ3v) is 5.39. The number of rotatable bonds is 8. The molecule has 0 spiro atoms. The Kier molecular flexibility index (Phi) is 7.04. The van der Waals surface area contributed by atoms with Crippen LogP contribution in [-0.2, 0) is 4.74 Å². The number of amides is 1. The molecule has 0 aromatic heterocycles. The molecule has 7 nitrogen and oxygen atoms in total. The number of nitrogens with one attached hydrogen (secondary N) is 1. The highest BCUT2D eigenvalue weighted by Crippen LogP contribution is 2.28. The van der Waals surface area contributed by atoms with Crippen LogP contribution in [0.4, 0.5) is 11.4 Å². The second-order valence-corrected chi connectivity index (χ2v) is 7.39. The van der Waals surface area contributed by atoms with E-state index in [1.165, 1.54) is 31.4 Å². The lowest BCUT2D eigenvalue weighted by atomic mass is 9.98. The van der Waals surface area contributed by atoms with Crippen LogP contribution >= 0.6 is 0 Å². The van der Waals surface area contributed by atoms with Crippen LogP contribution in [0.25, 0.3) is 0 Å². The highest BCUT2D eigenvalue weighted by Gasteiger charge is 2.22. The van der Waals surface area contributed by atoms with E-state index in [2.05, 4.69) is 10.2 Å². The average Bonchev–Trinajstić information content (AvgIpc) is 3.22. The number of nitro benzene ring substituents is 1. The van der Waals surface area contributed by atoms with Crippen molar-refractivity contribution in [1.82, 2.24) is 5.32 Å². The van der Waals surface area contributed by atoms with Gasteiger partial charge < -0.3 is 15.0 Å². The number of nitrogens with zero attached hydrogens (tertiary/aromatic N) is 2. The van der Waals surface area contributed by atoms with Crippen LogP contribution < -0.4 is 10.2 Å². The molecule has 0 unspecified atom stereocenters. The summed E-state index contributed by atoms with van der Waals surface area (Å²) in [5, 5.41) is 14.0. The Labute approximate surface area is 160 Å². The van der Waals surface area contributed by atoms with Crippen LogP contribution in [0.15, 0.2) is 18.2 Å². The Bertz CT molecular complexity index is 653. The van der Waals surface area contributed by atoms with Gasteiger partial charge in [0.15, 0.2) is 0 Å².